The van der Waals surface area contributed by atoms with Crippen LogP contribution < -0.4 is 0 Å². The molecule has 1 atom stereocenters. The van der Waals surface area contributed by atoms with Gasteiger partial charge in [-0.15, -0.1) is 0 Å². The van der Waals surface area contributed by atoms with Crippen molar-refractivity contribution in [2.24, 2.45) is 0 Å². The van der Waals surface area contributed by atoms with Gasteiger partial charge >= 0.3 is 5.97 Å². The fourth-order valence-corrected chi connectivity index (χ4v) is 1.51. The number of rotatable bonds is 6. The van der Waals surface area contributed by atoms with Crippen molar-refractivity contribution in [1.29, 1.82) is 0 Å². The number of aliphatic carboxylic acids is 1. The average Bonchev–Trinajstić information content (AvgIpc) is 2.81. The summed E-state index contributed by atoms with van der Waals surface area (Å²) in [6, 6.07) is 0.591. The zero-order valence-electron chi connectivity index (χ0n) is 7.94. The lowest BCUT2D eigenvalue weighted by atomic mass is 10.2. The van der Waals surface area contributed by atoms with Crippen molar-refractivity contribution in [2.45, 2.75) is 38.3 Å². The average molecular weight is 187 g/mol. The Kier molecular flexibility index (Phi) is 3.69. The van der Waals surface area contributed by atoms with E-state index < -0.39 is 12.1 Å². The van der Waals surface area contributed by atoms with Crippen LogP contribution in [-0.2, 0) is 4.79 Å². The predicted octanol–water partition coefficient (Wildman–Crippen LogP) is 0.306. The highest BCUT2D eigenvalue weighted by molar-refractivity contribution is 5.67. The minimum absolute atomic E-state index is 0.150. The quantitative estimate of drug-likeness (QED) is 0.628. The van der Waals surface area contributed by atoms with Crippen molar-refractivity contribution in [3.63, 3.8) is 0 Å². The van der Waals surface area contributed by atoms with E-state index >= 15 is 0 Å². The lowest BCUT2D eigenvalue weighted by molar-refractivity contribution is -0.139. The van der Waals surface area contributed by atoms with Crippen LogP contribution in [0.15, 0.2) is 0 Å². The molecule has 1 fully saturated rings. The molecule has 0 aromatic rings. The number of aliphatic hydroxyl groups is 1. The number of hydrogen-bond donors (Lipinski definition) is 2. The molecule has 4 heteroatoms. The molecule has 0 aromatic carbocycles. The van der Waals surface area contributed by atoms with Crippen LogP contribution in [0.2, 0.25) is 0 Å². The molecule has 2 N–H and O–H groups in total. The molecule has 1 rings (SSSR count). The number of hydrogen-bond acceptors (Lipinski definition) is 3. The van der Waals surface area contributed by atoms with Crippen molar-refractivity contribution in [3.05, 3.63) is 0 Å². The summed E-state index contributed by atoms with van der Waals surface area (Å²) in [6.45, 7) is 3.42. The van der Waals surface area contributed by atoms with Gasteiger partial charge in [0.25, 0.3) is 0 Å². The standard InChI is InChI=1S/C9H17NO3/c1-2-10(7-3-4-7)6-8(11)5-9(12)13/h7-8,11H,2-6H2,1H3,(H,12,13). The Morgan fingerprint density at radius 2 is 2.23 bits per heavy atom. The Balaban J connectivity index is 2.23. The Morgan fingerprint density at radius 1 is 1.62 bits per heavy atom. The van der Waals surface area contributed by atoms with Crippen molar-refractivity contribution in [2.75, 3.05) is 13.1 Å². The van der Waals surface area contributed by atoms with E-state index in [1.807, 2.05) is 6.92 Å². The maximum Gasteiger partial charge on any atom is 0.306 e. The normalized spacial score (nSPS) is 19.0. The van der Waals surface area contributed by atoms with Crippen LogP contribution in [0.3, 0.4) is 0 Å². The second-order valence-electron chi connectivity index (χ2n) is 3.57. The number of carbonyl (C=O) groups is 1. The first-order valence-corrected chi connectivity index (χ1v) is 4.77. The summed E-state index contributed by atoms with van der Waals surface area (Å²) < 4.78 is 0. The molecule has 0 heterocycles. The molecule has 13 heavy (non-hydrogen) atoms. The highest BCUT2D eigenvalue weighted by Crippen LogP contribution is 2.26. The van der Waals surface area contributed by atoms with Crippen LogP contribution in [0.25, 0.3) is 0 Å². The Labute approximate surface area is 78.2 Å². The second-order valence-corrected chi connectivity index (χ2v) is 3.57. The molecular weight excluding hydrogens is 170 g/mol. The molecule has 0 bridgehead atoms. The van der Waals surface area contributed by atoms with E-state index in [1.165, 1.54) is 12.8 Å². The molecule has 0 radical (unpaired) electrons. The Morgan fingerprint density at radius 3 is 2.62 bits per heavy atom. The minimum Gasteiger partial charge on any atom is -0.481 e. The summed E-state index contributed by atoms with van der Waals surface area (Å²) >= 11 is 0. The SMILES string of the molecule is CCN(CC(O)CC(=O)O)C1CC1. The van der Waals surface area contributed by atoms with Crippen molar-refractivity contribution in [3.8, 4) is 0 Å². The first kappa shape index (κ1) is 10.5. The van der Waals surface area contributed by atoms with Gasteiger partial charge in [0.15, 0.2) is 0 Å². The third kappa shape index (κ3) is 3.74. The Hall–Kier alpha value is -0.610. The molecule has 1 unspecified atom stereocenters. The maximum atomic E-state index is 10.3. The third-order valence-electron chi connectivity index (χ3n) is 2.32. The molecular formula is C9H17NO3. The van der Waals surface area contributed by atoms with Crippen molar-refractivity contribution in [1.82, 2.24) is 4.90 Å². The van der Waals surface area contributed by atoms with Crippen LogP contribution in [-0.4, -0.2) is 46.3 Å². The van der Waals surface area contributed by atoms with E-state index in [0.29, 0.717) is 12.6 Å². The summed E-state index contributed by atoms with van der Waals surface area (Å²) in [7, 11) is 0. The fourth-order valence-electron chi connectivity index (χ4n) is 1.51. The van der Waals surface area contributed by atoms with Gasteiger partial charge in [-0.1, -0.05) is 6.92 Å². The van der Waals surface area contributed by atoms with Crippen LogP contribution in [0, 0.1) is 0 Å². The predicted molar refractivity (Wildman–Crippen MR) is 48.5 cm³/mol. The van der Waals surface area contributed by atoms with E-state index in [4.69, 9.17) is 5.11 Å². The molecule has 4 nitrogen and oxygen atoms in total. The number of nitrogens with zero attached hydrogens (tertiary/aromatic N) is 1. The van der Waals surface area contributed by atoms with Gasteiger partial charge in [0, 0.05) is 12.6 Å². The van der Waals surface area contributed by atoms with Gasteiger partial charge in [0.05, 0.1) is 12.5 Å². The molecule has 1 saturated carbocycles. The number of aliphatic hydroxyl groups excluding tert-OH is 1. The van der Waals surface area contributed by atoms with E-state index in [-0.39, 0.29) is 6.42 Å². The summed E-state index contributed by atoms with van der Waals surface area (Å²) in [4.78, 5) is 12.4. The smallest absolute Gasteiger partial charge is 0.306 e. The molecule has 0 saturated heterocycles. The zero-order valence-corrected chi connectivity index (χ0v) is 7.94. The van der Waals surface area contributed by atoms with E-state index in [2.05, 4.69) is 4.90 Å². The van der Waals surface area contributed by atoms with Gasteiger partial charge in [0.2, 0.25) is 0 Å². The first-order chi connectivity index (χ1) is 6.13. The third-order valence-corrected chi connectivity index (χ3v) is 2.32. The summed E-state index contributed by atoms with van der Waals surface area (Å²) in [5, 5.41) is 17.8. The Bertz CT molecular complexity index is 180. The monoisotopic (exact) mass is 187 g/mol. The topological polar surface area (TPSA) is 60.8 Å². The van der Waals surface area contributed by atoms with E-state index in [0.717, 1.165) is 6.54 Å². The molecule has 1 aliphatic carbocycles. The molecule has 0 amide bonds. The molecule has 0 aromatic heterocycles. The zero-order chi connectivity index (χ0) is 9.84. The van der Waals surface area contributed by atoms with Gasteiger partial charge < -0.3 is 10.2 Å². The molecule has 76 valence electrons. The van der Waals surface area contributed by atoms with Crippen LogP contribution >= 0.6 is 0 Å². The minimum atomic E-state index is -0.931. The van der Waals surface area contributed by atoms with Gasteiger partial charge in [-0.2, -0.15) is 0 Å². The molecule has 0 spiro atoms. The second kappa shape index (κ2) is 4.58. The van der Waals surface area contributed by atoms with Gasteiger partial charge in [-0.25, -0.2) is 0 Å². The molecule has 0 aliphatic heterocycles. The van der Waals surface area contributed by atoms with Gasteiger partial charge in [-0.3, -0.25) is 9.69 Å². The summed E-state index contributed by atoms with van der Waals surface area (Å²) in [5.74, 6) is -0.931. The number of likely N-dealkylation sites (N-methyl/N-ethyl adjacent to an activating group) is 1. The molecule has 1 aliphatic rings. The van der Waals surface area contributed by atoms with Crippen LogP contribution in [0.4, 0.5) is 0 Å². The van der Waals surface area contributed by atoms with Gasteiger partial charge in [0.1, 0.15) is 0 Å². The van der Waals surface area contributed by atoms with Crippen LogP contribution in [0.1, 0.15) is 26.2 Å². The lowest BCUT2D eigenvalue weighted by Gasteiger charge is -2.22. The summed E-state index contributed by atoms with van der Waals surface area (Å²) in [5.41, 5.74) is 0. The number of carboxylic acids is 1. The van der Waals surface area contributed by atoms with Crippen molar-refractivity contribution < 1.29 is 15.0 Å². The lowest BCUT2D eigenvalue weighted by Crippen LogP contribution is -2.35. The highest BCUT2D eigenvalue weighted by atomic mass is 16.4. The highest BCUT2D eigenvalue weighted by Gasteiger charge is 2.29. The number of carboxylic acid groups (broad SMARTS) is 1. The van der Waals surface area contributed by atoms with E-state index in [9.17, 15) is 9.90 Å². The van der Waals surface area contributed by atoms with Crippen LogP contribution in [0.5, 0.6) is 0 Å². The van der Waals surface area contributed by atoms with Gasteiger partial charge in [-0.05, 0) is 19.4 Å². The van der Waals surface area contributed by atoms with E-state index in [1.54, 1.807) is 0 Å². The largest absolute Gasteiger partial charge is 0.481 e. The summed E-state index contributed by atoms with van der Waals surface area (Å²) in [6.07, 6.45) is 1.50. The van der Waals surface area contributed by atoms with Crippen molar-refractivity contribution >= 4 is 5.97 Å². The fraction of sp³-hybridized carbons (Fsp3) is 0.889. The first-order valence-electron chi connectivity index (χ1n) is 4.77. The maximum absolute atomic E-state index is 10.3.